The fourth-order valence-corrected chi connectivity index (χ4v) is 3.62. The van der Waals surface area contributed by atoms with Crippen LogP contribution in [0.2, 0.25) is 0 Å². The zero-order chi connectivity index (χ0) is 12.8. The van der Waals surface area contributed by atoms with Gasteiger partial charge in [-0.15, -0.1) is 0 Å². The second-order valence-corrected chi connectivity index (χ2v) is 6.36. The molecule has 0 aromatic heterocycles. The second-order valence-electron chi connectivity index (χ2n) is 5.45. The standard InChI is InChI=1S/C16H16BrNO/c17-12-5-6-13-11(9-12)4-7-15-14(13)10-18-8-2-1-3-16(18)19-15/h4-7,9,16H,1-3,8,10H2. The van der Waals surface area contributed by atoms with Crippen LogP contribution in [0.4, 0.5) is 0 Å². The summed E-state index contributed by atoms with van der Waals surface area (Å²) in [7, 11) is 0. The molecule has 2 nitrogen and oxygen atoms in total. The first-order valence-corrected chi connectivity index (χ1v) is 7.72. The van der Waals surface area contributed by atoms with Gasteiger partial charge in [0.2, 0.25) is 0 Å². The van der Waals surface area contributed by atoms with E-state index in [0.717, 1.165) is 29.7 Å². The summed E-state index contributed by atoms with van der Waals surface area (Å²) in [6, 6.07) is 10.8. The minimum Gasteiger partial charge on any atom is -0.475 e. The summed E-state index contributed by atoms with van der Waals surface area (Å²) in [6.07, 6.45) is 4.05. The van der Waals surface area contributed by atoms with Gasteiger partial charge >= 0.3 is 0 Å². The number of halogens is 1. The molecule has 2 aliphatic rings. The van der Waals surface area contributed by atoms with Crippen molar-refractivity contribution in [1.29, 1.82) is 0 Å². The largest absolute Gasteiger partial charge is 0.475 e. The van der Waals surface area contributed by atoms with Crippen molar-refractivity contribution in [1.82, 2.24) is 4.90 Å². The lowest BCUT2D eigenvalue weighted by Gasteiger charge is -2.40. The van der Waals surface area contributed by atoms with Crippen LogP contribution in [0.3, 0.4) is 0 Å². The number of nitrogens with zero attached hydrogens (tertiary/aromatic N) is 1. The molecule has 19 heavy (non-hydrogen) atoms. The molecule has 98 valence electrons. The molecular weight excluding hydrogens is 302 g/mol. The lowest BCUT2D eigenvalue weighted by molar-refractivity contribution is -0.0262. The van der Waals surface area contributed by atoms with Gasteiger partial charge in [-0.3, -0.25) is 4.90 Å². The number of rotatable bonds is 0. The van der Waals surface area contributed by atoms with E-state index in [1.54, 1.807) is 0 Å². The van der Waals surface area contributed by atoms with Gasteiger partial charge in [0.15, 0.2) is 6.23 Å². The Balaban J connectivity index is 1.84. The maximum atomic E-state index is 6.19. The topological polar surface area (TPSA) is 12.5 Å². The van der Waals surface area contributed by atoms with Crippen molar-refractivity contribution in [2.75, 3.05) is 6.54 Å². The van der Waals surface area contributed by atoms with Crippen LogP contribution in [0.15, 0.2) is 34.8 Å². The molecule has 4 rings (SSSR count). The Hall–Kier alpha value is -1.06. The molecule has 0 aliphatic carbocycles. The highest BCUT2D eigenvalue weighted by Crippen LogP contribution is 2.37. The number of hydrogen-bond acceptors (Lipinski definition) is 2. The average molecular weight is 318 g/mol. The summed E-state index contributed by atoms with van der Waals surface area (Å²) in [5, 5.41) is 2.61. The van der Waals surface area contributed by atoms with Crippen LogP contribution in [0.5, 0.6) is 5.75 Å². The molecule has 1 atom stereocenters. The quantitative estimate of drug-likeness (QED) is 0.718. The van der Waals surface area contributed by atoms with Gasteiger partial charge in [0.1, 0.15) is 5.75 Å². The third kappa shape index (κ3) is 1.96. The highest BCUT2D eigenvalue weighted by Gasteiger charge is 2.30. The van der Waals surface area contributed by atoms with Gasteiger partial charge in [-0.1, -0.05) is 28.1 Å². The maximum absolute atomic E-state index is 6.19. The summed E-state index contributed by atoms with van der Waals surface area (Å²) in [5.41, 5.74) is 1.35. The Kier molecular flexibility index (Phi) is 2.78. The van der Waals surface area contributed by atoms with Crippen molar-refractivity contribution in [2.24, 2.45) is 0 Å². The number of hydrogen-bond donors (Lipinski definition) is 0. The Morgan fingerprint density at radius 1 is 1.16 bits per heavy atom. The average Bonchev–Trinajstić information content (AvgIpc) is 2.44. The molecular formula is C16H16BrNO. The lowest BCUT2D eigenvalue weighted by atomic mass is 9.99. The molecule has 1 saturated heterocycles. The molecule has 3 heteroatoms. The molecule has 2 aromatic rings. The van der Waals surface area contributed by atoms with E-state index in [4.69, 9.17) is 4.74 Å². The normalized spacial score (nSPS) is 22.7. The van der Waals surface area contributed by atoms with E-state index in [9.17, 15) is 0 Å². The van der Waals surface area contributed by atoms with Crippen molar-refractivity contribution < 1.29 is 4.74 Å². The minimum atomic E-state index is 0.300. The highest BCUT2D eigenvalue weighted by molar-refractivity contribution is 9.10. The zero-order valence-electron chi connectivity index (χ0n) is 10.7. The minimum absolute atomic E-state index is 0.300. The molecule has 0 N–H and O–H groups in total. The number of benzene rings is 2. The van der Waals surface area contributed by atoms with Gasteiger partial charge in [0, 0.05) is 23.1 Å². The van der Waals surface area contributed by atoms with Crippen LogP contribution in [-0.2, 0) is 6.54 Å². The summed E-state index contributed by atoms with van der Waals surface area (Å²) in [4.78, 5) is 2.48. The van der Waals surface area contributed by atoms with Crippen LogP contribution in [0.25, 0.3) is 10.8 Å². The summed E-state index contributed by atoms with van der Waals surface area (Å²) in [5.74, 6) is 1.08. The molecule has 2 heterocycles. The number of ether oxygens (including phenoxy) is 1. The zero-order valence-corrected chi connectivity index (χ0v) is 12.3. The summed E-state index contributed by atoms with van der Waals surface area (Å²) < 4.78 is 7.32. The first kappa shape index (κ1) is 11.7. The predicted molar refractivity (Wildman–Crippen MR) is 80.3 cm³/mol. The van der Waals surface area contributed by atoms with E-state index in [-0.39, 0.29) is 0 Å². The summed E-state index contributed by atoms with van der Waals surface area (Å²) >= 11 is 3.54. The summed E-state index contributed by atoms with van der Waals surface area (Å²) in [6.45, 7) is 2.19. The predicted octanol–water partition coefficient (Wildman–Crippen LogP) is 4.31. The van der Waals surface area contributed by atoms with Crippen molar-refractivity contribution in [3.63, 3.8) is 0 Å². The lowest BCUT2D eigenvalue weighted by Crippen LogP contribution is -2.45. The van der Waals surface area contributed by atoms with E-state index < -0.39 is 0 Å². The van der Waals surface area contributed by atoms with Crippen molar-refractivity contribution in [2.45, 2.75) is 32.0 Å². The van der Waals surface area contributed by atoms with Crippen LogP contribution in [0, 0.1) is 0 Å². The molecule has 2 aromatic carbocycles. The molecule has 1 fully saturated rings. The van der Waals surface area contributed by atoms with E-state index in [0.29, 0.717) is 6.23 Å². The van der Waals surface area contributed by atoms with Crippen LogP contribution < -0.4 is 4.74 Å². The molecule has 0 spiro atoms. The van der Waals surface area contributed by atoms with Gasteiger partial charge in [0.05, 0.1) is 0 Å². The molecule has 0 saturated carbocycles. The second kappa shape index (κ2) is 4.50. The third-order valence-corrected chi connectivity index (χ3v) is 4.72. The van der Waals surface area contributed by atoms with Gasteiger partial charge in [0.25, 0.3) is 0 Å². The maximum Gasteiger partial charge on any atom is 0.152 e. The SMILES string of the molecule is Brc1ccc2c3c(ccc2c1)OC1CCCCN1C3. The monoisotopic (exact) mass is 317 g/mol. The highest BCUT2D eigenvalue weighted by atomic mass is 79.9. The first-order chi connectivity index (χ1) is 9.31. The van der Waals surface area contributed by atoms with Crippen molar-refractivity contribution in [3.8, 4) is 5.75 Å². The van der Waals surface area contributed by atoms with Crippen LogP contribution in [0.1, 0.15) is 24.8 Å². The Labute approximate surface area is 121 Å². The van der Waals surface area contributed by atoms with Crippen molar-refractivity contribution in [3.05, 3.63) is 40.4 Å². The molecule has 0 amide bonds. The van der Waals surface area contributed by atoms with Gasteiger partial charge in [-0.2, -0.15) is 0 Å². The Morgan fingerprint density at radius 2 is 2.11 bits per heavy atom. The number of piperidine rings is 1. The fourth-order valence-electron chi connectivity index (χ4n) is 3.24. The smallest absolute Gasteiger partial charge is 0.152 e. The van der Waals surface area contributed by atoms with Crippen LogP contribution >= 0.6 is 15.9 Å². The van der Waals surface area contributed by atoms with E-state index >= 15 is 0 Å². The van der Waals surface area contributed by atoms with E-state index in [1.807, 2.05) is 0 Å². The first-order valence-electron chi connectivity index (χ1n) is 6.93. The number of fused-ring (bicyclic) bond motifs is 4. The fraction of sp³-hybridized carbons (Fsp3) is 0.375. The van der Waals surface area contributed by atoms with Gasteiger partial charge in [-0.25, -0.2) is 0 Å². The molecule has 0 bridgehead atoms. The molecule has 1 unspecified atom stereocenters. The van der Waals surface area contributed by atoms with Crippen LogP contribution in [-0.4, -0.2) is 17.7 Å². The van der Waals surface area contributed by atoms with E-state index in [1.165, 1.54) is 29.2 Å². The van der Waals surface area contributed by atoms with Crippen molar-refractivity contribution >= 4 is 26.7 Å². The van der Waals surface area contributed by atoms with Gasteiger partial charge < -0.3 is 4.74 Å². The molecule has 0 radical (unpaired) electrons. The van der Waals surface area contributed by atoms with E-state index in [2.05, 4.69) is 51.2 Å². The third-order valence-electron chi connectivity index (χ3n) is 4.23. The van der Waals surface area contributed by atoms with Gasteiger partial charge in [-0.05, 0) is 48.2 Å². The molecule has 2 aliphatic heterocycles. The Morgan fingerprint density at radius 3 is 3.05 bits per heavy atom. The Bertz CT molecular complexity index is 640.